The summed E-state index contributed by atoms with van der Waals surface area (Å²) in [5.41, 5.74) is 2.84. The molecule has 1 aliphatic heterocycles. The highest BCUT2D eigenvalue weighted by Crippen LogP contribution is 2.35. The van der Waals surface area contributed by atoms with Crippen LogP contribution in [0, 0.1) is 17.5 Å². The number of aliphatic imine (C=N–C) groups is 1. The van der Waals surface area contributed by atoms with Crippen molar-refractivity contribution in [2.45, 2.75) is 37.9 Å². The standard InChI is InChI=1S/C35H32F3N3O4/c1-20(2)41-30-7-5-4-6-26(30)32(22-10-15-25(45-3)16-11-22)39-33(35(41)44)40-34(43)31(21-8-13-24(36)14-9-21)27(19-42)23-12-17-28(37)29(38)18-23/h4-18,20,27,31,33,42H,19H2,1-3H3,(H,40,43)/t27-,31+,33?/m0/s1. The Kier molecular flexibility index (Phi) is 9.34. The number of nitrogens with one attached hydrogen (secondary N) is 1. The van der Waals surface area contributed by atoms with E-state index < -0.39 is 53.9 Å². The number of ether oxygens (including phenoxy) is 1. The van der Waals surface area contributed by atoms with Crippen LogP contribution in [0.25, 0.3) is 0 Å². The third-order valence-corrected chi connectivity index (χ3v) is 7.79. The minimum atomic E-state index is -1.41. The summed E-state index contributed by atoms with van der Waals surface area (Å²) in [4.78, 5) is 34.7. The van der Waals surface area contributed by atoms with Crippen molar-refractivity contribution in [2.24, 2.45) is 4.99 Å². The molecule has 0 saturated carbocycles. The summed E-state index contributed by atoms with van der Waals surface area (Å²) in [7, 11) is 1.55. The van der Waals surface area contributed by atoms with E-state index in [4.69, 9.17) is 9.73 Å². The molecular formula is C35H32F3N3O4. The molecule has 2 N–H and O–H groups in total. The number of fused-ring (bicyclic) bond motifs is 1. The summed E-state index contributed by atoms with van der Waals surface area (Å²) in [6.07, 6.45) is -1.41. The van der Waals surface area contributed by atoms with Crippen LogP contribution in [0.1, 0.15) is 47.9 Å². The predicted molar refractivity (Wildman–Crippen MR) is 165 cm³/mol. The monoisotopic (exact) mass is 615 g/mol. The molecule has 2 amide bonds. The number of amides is 2. The minimum absolute atomic E-state index is 0.145. The zero-order valence-corrected chi connectivity index (χ0v) is 24.9. The molecule has 0 aliphatic carbocycles. The zero-order chi connectivity index (χ0) is 32.2. The number of benzene rings is 4. The van der Waals surface area contributed by atoms with Crippen molar-refractivity contribution >= 4 is 23.2 Å². The molecule has 0 saturated heterocycles. The Morgan fingerprint density at radius 2 is 1.60 bits per heavy atom. The second-order valence-corrected chi connectivity index (χ2v) is 10.9. The van der Waals surface area contributed by atoms with Gasteiger partial charge in [0.1, 0.15) is 11.6 Å². The van der Waals surface area contributed by atoms with Gasteiger partial charge in [-0.1, -0.05) is 36.4 Å². The highest BCUT2D eigenvalue weighted by molar-refractivity contribution is 6.20. The molecule has 45 heavy (non-hydrogen) atoms. The Balaban J connectivity index is 1.62. The van der Waals surface area contributed by atoms with E-state index in [1.165, 1.54) is 18.2 Å². The van der Waals surface area contributed by atoms with E-state index in [2.05, 4.69) is 5.32 Å². The predicted octanol–water partition coefficient (Wildman–Crippen LogP) is 5.71. The van der Waals surface area contributed by atoms with Gasteiger partial charge >= 0.3 is 0 Å². The first kappa shape index (κ1) is 31.5. The lowest BCUT2D eigenvalue weighted by Gasteiger charge is -2.30. The third-order valence-electron chi connectivity index (χ3n) is 7.79. The fourth-order valence-electron chi connectivity index (χ4n) is 5.60. The molecule has 1 unspecified atom stereocenters. The van der Waals surface area contributed by atoms with E-state index in [1.807, 2.05) is 38.1 Å². The molecule has 3 atom stereocenters. The van der Waals surface area contributed by atoms with E-state index in [-0.39, 0.29) is 11.6 Å². The maximum absolute atomic E-state index is 14.3. The van der Waals surface area contributed by atoms with Crippen LogP contribution in [0.4, 0.5) is 18.9 Å². The number of carbonyl (C=O) groups is 2. The molecule has 232 valence electrons. The van der Waals surface area contributed by atoms with E-state index in [1.54, 1.807) is 36.3 Å². The van der Waals surface area contributed by atoms with Crippen molar-refractivity contribution in [3.05, 3.63) is 131 Å². The number of halogens is 3. The second kappa shape index (κ2) is 13.4. The number of aliphatic hydroxyl groups excluding tert-OH is 1. The first-order chi connectivity index (χ1) is 21.6. The number of carbonyl (C=O) groups excluding carboxylic acids is 2. The lowest BCUT2D eigenvalue weighted by molar-refractivity contribution is -0.129. The highest BCUT2D eigenvalue weighted by atomic mass is 19.2. The van der Waals surface area contributed by atoms with Crippen molar-refractivity contribution in [2.75, 3.05) is 18.6 Å². The smallest absolute Gasteiger partial charge is 0.272 e. The zero-order valence-electron chi connectivity index (χ0n) is 24.9. The molecule has 5 rings (SSSR count). The van der Waals surface area contributed by atoms with Crippen LogP contribution < -0.4 is 15.0 Å². The molecule has 0 radical (unpaired) electrons. The fourth-order valence-corrected chi connectivity index (χ4v) is 5.60. The Bertz CT molecular complexity index is 1730. The quantitative estimate of drug-likeness (QED) is 0.253. The Labute approximate surface area is 259 Å². The summed E-state index contributed by atoms with van der Waals surface area (Å²) in [6.45, 7) is 3.05. The van der Waals surface area contributed by atoms with E-state index in [0.29, 0.717) is 33.8 Å². The van der Waals surface area contributed by atoms with Crippen LogP contribution in [-0.4, -0.2) is 48.6 Å². The SMILES string of the molecule is COc1ccc(C2=NC(NC(=O)[C@H](c3ccc(F)cc3)[C@@H](CO)c3ccc(F)c(F)c3)C(=O)N(C(C)C)c3ccccc32)cc1. The molecule has 4 aromatic rings. The maximum Gasteiger partial charge on any atom is 0.272 e. The van der Waals surface area contributed by atoms with Gasteiger partial charge in [-0.25, -0.2) is 18.2 Å². The average Bonchev–Trinajstić information content (AvgIpc) is 3.15. The third kappa shape index (κ3) is 6.46. The summed E-state index contributed by atoms with van der Waals surface area (Å²) in [6, 6.07) is 22.3. The van der Waals surface area contributed by atoms with Gasteiger partial charge < -0.3 is 20.1 Å². The molecule has 4 aromatic carbocycles. The highest BCUT2D eigenvalue weighted by Gasteiger charge is 2.38. The molecule has 7 nitrogen and oxygen atoms in total. The van der Waals surface area contributed by atoms with Gasteiger partial charge in [-0.15, -0.1) is 0 Å². The number of anilines is 1. The average molecular weight is 616 g/mol. The number of rotatable bonds is 9. The van der Waals surface area contributed by atoms with Gasteiger partial charge in [0.2, 0.25) is 12.1 Å². The van der Waals surface area contributed by atoms with Gasteiger partial charge in [-0.2, -0.15) is 0 Å². The molecule has 1 heterocycles. The number of nitrogens with zero attached hydrogens (tertiary/aromatic N) is 2. The Morgan fingerprint density at radius 3 is 2.22 bits per heavy atom. The molecule has 0 fully saturated rings. The molecule has 0 bridgehead atoms. The van der Waals surface area contributed by atoms with Crippen molar-refractivity contribution in [3.63, 3.8) is 0 Å². The summed E-state index contributed by atoms with van der Waals surface area (Å²) < 4.78 is 47.3. The van der Waals surface area contributed by atoms with Crippen molar-refractivity contribution in [3.8, 4) is 5.75 Å². The number of benzodiazepines with no additional fused rings is 1. The fraction of sp³-hybridized carbons (Fsp3) is 0.229. The molecule has 1 aliphatic rings. The van der Waals surface area contributed by atoms with Gasteiger partial charge in [0.15, 0.2) is 11.6 Å². The molecule has 0 aromatic heterocycles. The minimum Gasteiger partial charge on any atom is -0.497 e. The van der Waals surface area contributed by atoms with Crippen LogP contribution in [0.3, 0.4) is 0 Å². The summed E-state index contributed by atoms with van der Waals surface area (Å²) in [5, 5.41) is 13.2. The van der Waals surface area contributed by atoms with Crippen molar-refractivity contribution in [1.82, 2.24) is 5.32 Å². The number of hydrogen-bond acceptors (Lipinski definition) is 5. The van der Waals surface area contributed by atoms with E-state index in [9.17, 15) is 27.9 Å². The molecule has 10 heteroatoms. The number of hydrogen-bond donors (Lipinski definition) is 2. The van der Waals surface area contributed by atoms with Crippen molar-refractivity contribution in [1.29, 1.82) is 0 Å². The van der Waals surface area contributed by atoms with Crippen LogP contribution in [-0.2, 0) is 9.59 Å². The first-order valence-corrected chi connectivity index (χ1v) is 14.4. The van der Waals surface area contributed by atoms with Gasteiger partial charge in [-0.3, -0.25) is 9.59 Å². The lowest BCUT2D eigenvalue weighted by atomic mass is 9.81. The van der Waals surface area contributed by atoms with Crippen LogP contribution in [0.5, 0.6) is 5.75 Å². The van der Waals surface area contributed by atoms with E-state index in [0.717, 1.165) is 24.3 Å². The first-order valence-electron chi connectivity index (χ1n) is 14.4. The summed E-state index contributed by atoms with van der Waals surface area (Å²) >= 11 is 0. The van der Waals surface area contributed by atoms with Crippen LogP contribution in [0.2, 0.25) is 0 Å². The Hall–Kier alpha value is -4.96. The normalized spacial score (nSPS) is 16.0. The number of para-hydroxylation sites is 1. The summed E-state index contributed by atoms with van der Waals surface area (Å²) in [5.74, 6) is -5.69. The van der Waals surface area contributed by atoms with Gasteiger partial charge in [0.05, 0.1) is 31.0 Å². The number of aliphatic hydroxyl groups is 1. The topological polar surface area (TPSA) is 91.2 Å². The second-order valence-electron chi connectivity index (χ2n) is 10.9. The van der Waals surface area contributed by atoms with Gasteiger partial charge in [0.25, 0.3) is 5.91 Å². The van der Waals surface area contributed by atoms with Crippen molar-refractivity contribution < 1.29 is 32.6 Å². The van der Waals surface area contributed by atoms with Crippen LogP contribution >= 0.6 is 0 Å². The lowest BCUT2D eigenvalue weighted by Crippen LogP contribution is -2.51. The largest absolute Gasteiger partial charge is 0.497 e. The maximum atomic E-state index is 14.3. The van der Waals surface area contributed by atoms with Gasteiger partial charge in [-0.05, 0) is 79.6 Å². The van der Waals surface area contributed by atoms with E-state index >= 15 is 0 Å². The Morgan fingerprint density at radius 1 is 0.933 bits per heavy atom. The number of methoxy groups -OCH3 is 1. The van der Waals surface area contributed by atoms with Crippen LogP contribution in [0.15, 0.2) is 96.0 Å². The molecular weight excluding hydrogens is 583 g/mol. The molecule has 0 spiro atoms. The van der Waals surface area contributed by atoms with Gasteiger partial charge in [0, 0.05) is 23.1 Å².